The van der Waals surface area contributed by atoms with Crippen molar-refractivity contribution in [2.24, 2.45) is 0 Å². The molecule has 0 atom stereocenters. The summed E-state index contributed by atoms with van der Waals surface area (Å²) < 4.78 is 0. The molecule has 0 saturated carbocycles. The minimum atomic E-state index is -1.97. The highest BCUT2D eigenvalue weighted by Crippen LogP contribution is 2.09. The number of hydrogen-bond acceptors (Lipinski definition) is 0. The molecule has 0 aliphatic rings. The maximum absolute atomic E-state index is 6.28. The third-order valence-corrected chi connectivity index (χ3v) is 8.25. The zero-order valence-electron chi connectivity index (χ0n) is 9.64. The molecule has 0 spiro atoms. The molecule has 0 N–H and O–H groups in total. The standard InChI is InChI=1S/C15H15ClSi/c1-2-17(13-16,14-9-5-3-6-10-14)15-11-7-4-8-12-15/h2-12H,1,13H2. The van der Waals surface area contributed by atoms with Gasteiger partial charge in [-0.15, -0.1) is 18.2 Å². The van der Waals surface area contributed by atoms with Crippen LogP contribution in [-0.2, 0) is 0 Å². The van der Waals surface area contributed by atoms with Crippen molar-refractivity contribution in [2.75, 3.05) is 5.50 Å². The van der Waals surface area contributed by atoms with Crippen LogP contribution in [0.4, 0.5) is 0 Å². The molecule has 0 aromatic heterocycles. The monoisotopic (exact) mass is 258 g/mol. The van der Waals surface area contributed by atoms with Gasteiger partial charge in [0, 0.05) is 5.50 Å². The topological polar surface area (TPSA) is 0 Å². The molecule has 0 saturated heterocycles. The predicted molar refractivity (Wildman–Crippen MR) is 78.8 cm³/mol. The Kier molecular flexibility index (Phi) is 3.82. The number of benzene rings is 2. The van der Waals surface area contributed by atoms with Crippen molar-refractivity contribution >= 4 is 30.0 Å². The molecule has 0 heterocycles. The summed E-state index contributed by atoms with van der Waals surface area (Å²) in [5.41, 5.74) is 2.70. The van der Waals surface area contributed by atoms with Crippen LogP contribution in [0.15, 0.2) is 72.9 Å². The minimum Gasteiger partial charge on any atom is -0.129 e. The summed E-state index contributed by atoms with van der Waals surface area (Å²) in [5, 5.41) is 2.63. The predicted octanol–water partition coefficient (Wildman–Crippen LogP) is 2.75. The van der Waals surface area contributed by atoms with E-state index in [2.05, 4.69) is 60.8 Å². The van der Waals surface area contributed by atoms with Crippen molar-refractivity contribution < 1.29 is 0 Å². The molecule has 2 rings (SSSR count). The summed E-state index contributed by atoms with van der Waals surface area (Å²) in [6.45, 7) is 4.03. The highest BCUT2D eigenvalue weighted by Gasteiger charge is 2.32. The van der Waals surface area contributed by atoms with E-state index >= 15 is 0 Å². The van der Waals surface area contributed by atoms with Gasteiger partial charge in [-0.05, 0) is 10.4 Å². The normalized spacial score (nSPS) is 11.1. The quantitative estimate of drug-likeness (QED) is 0.584. The smallest absolute Gasteiger partial charge is 0.129 e. The van der Waals surface area contributed by atoms with Crippen molar-refractivity contribution in [1.82, 2.24) is 0 Å². The summed E-state index contributed by atoms with van der Waals surface area (Å²) in [4.78, 5) is 0. The lowest BCUT2D eigenvalue weighted by Gasteiger charge is -2.26. The van der Waals surface area contributed by atoms with E-state index in [9.17, 15) is 0 Å². The summed E-state index contributed by atoms with van der Waals surface area (Å²) in [6, 6.07) is 21.0. The Hall–Kier alpha value is -1.31. The highest BCUT2D eigenvalue weighted by molar-refractivity contribution is 7.08. The van der Waals surface area contributed by atoms with Crippen LogP contribution in [-0.4, -0.2) is 13.6 Å². The summed E-state index contributed by atoms with van der Waals surface area (Å²) >= 11 is 6.28. The van der Waals surface area contributed by atoms with E-state index in [0.29, 0.717) is 5.50 Å². The molecule has 2 aromatic rings. The van der Waals surface area contributed by atoms with Crippen LogP contribution >= 0.6 is 11.6 Å². The Morgan fingerprint density at radius 3 is 1.59 bits per heavy atom. The van der Waals surface area contributed by atoms with E-state index in [-0.39, 0.29) is 0 Å². The van der Waals surface area contributed by atoms with E-state index in [4.69, 9.17) is 11.6 Å². The third-order valence-electron chi connectivity index (χ3n) is 3.14. The lowest BCUT2D eigenvalue weighted by molar-refractivity contribution is 1.68. The molecular weight excluding hydrogens is 244 g/mol. The molecule has 0 fully saturated rings. The van der Waals surface area contributed by atoms with Crippen LogP contribution < -0.4 is 10.4 Å². The van der Waals surface area contributed by atoms with Gasteiger partial charge in [0.05, 0.1) is 0 Å². The fourth-order valence-corrected chi connectivity index (χ4v) is 6.13. The third kappa shape index (κ3) is 2.21. The molecule has 86 valence electrons. The van der Waals surface area contributed by atoms with Crippen molar-refractivity contribution in [1.29, 1.82) is 0 Å². The van der Waals surface area contributed by atoms with Gasteiger partial charge in [0.15, 0.2) is 8.07 Å². The van der Waals surface area contributed by atoms with Gasteiger partial charge < -0.3 is 0 Å². The van der Waals surface area contributed by atoms with Gasteiger partial charge in [0.25, 0.3) is 0 Å². The molecule has 0 aliphatic carbocycles. The molecule has 2 heteroatoms. The Bertz CT molecular complexity index is 439. The van der Waals surface area contributed by atoms with Crippen molar-refractivity contribution in [2.45, 2.75) is 0 Å². The van der Waals surface area contributed by atoms with Crippen LogP contribution in [0.3, 0.4) is 0 Å². The molecular formula is C15H15ClSi. The van der Waals surface area contributed by atoms with Crippen LogP contribution in [0, 0.1) is 0 Å². The van der Waals surface area contributed by atoms with Crippen LogP contribution in [0.25, 0.3) is 0 Å². The van der Waals surface area contributed by atoms with E-state index in [1.54, 1.807) is 0 Å². The second-order valence-corrected chi connectivity index (χ2v) is 8.62. The first-order chi connectivity index (χ1) is 8.33. The molecule has 17 heavy (non-hydrogen) atoms. The van der Waals surface area contributed by atoms with Gasteiger partial charge >= 0.3 is 0 Å². The maximum atomic E-state index is 6.28. The minimum absolute atomic E-state index is 0.629. The van der Waals surface area contributed by atoms with Gasteiger partial charge in [0.1, 0.15) is 0 Å². The van der Waals surface area contributed by atoms with Crippen LogP contribution in [0.1, 0.15) is 0 Å². The number of halogens is 1. The largest absolute Gasteiger partial charge is 0.154 e. The average molecular weight is 259 g/mol. The Morgan fingerprint density at radius 1 is 0.882 bits per heavy atom. The average Bonchev–Trinajstić information content (AvgIpc) is 2.43. The van der Waals surface area contributed by atoms with Crippen molar-refractivity contribution in [3.05, 3.63) is 72.9 Å². The van der Waals surface area contributed by atoms with Crippen LogP contribution in [0.5, 0.6) is 0 Å². The maximum Gasteiger partial charge on any atom is 0.154 e. The molecule has 0 radical (unpaired) electrons. The number of hydrogen-bond donors (Lipinski definition) is 0. The van der Waals surface area contributed by atoms with Gasteiger partial charge in [-0.1, -0.05) is 66.4 Å². The number of alkyl halides is 1. The summed E-state index contributed by atoms with van der Waals surface area (Å²) in [6.07, 6.45) is 0. The molecule has 0 unspecified atom stereocenters. The lowest BCUT2D eigenvalue weighted by Crippen LogP contribution is -2.59. The number of rotatable bonds is 4. The first-order valence-electron chi connectivity index (χ1n) is 5.64. The fourth-order valence-electron chi connectivity index (χ4n) is 2.08. The Morgan fingerprint density at radius 2 is 1.29 bits per heavy atom. The molecule has 0 aliphatic heterocycles. The molecule has 0 amide bonds. The second-order valence-electron chi connectivity index (χ2n) is 4.04. The van der Waals surface area contributed by atoms with E-state index in [1.165, 1.54) is 10.4 Å². The van der Waals surface area contributed by atoms with Gasteiger partial charge in [-0.25, -0.2) is 0 Å². The summed E-state index contributed by atoms with van der Waals surface area (Å²) in [5.74, 6) is 0. The zero-order chi connectivity index (χ0) is 12.1. The van der Waals surface area contributed by atoms with Gasteiger partial charge in [-0.2, -0.15) is 0 Å². The molecule has 2 aromatic carbocycles. The SMILES string of the molecule is C=C[Si](CCl)(c1ccccc1)c1ccccc1. The molecule has 0 bridgehead atoms. The fraction of sp³-hybridized carbons (Fsp3) is 0.0667. The van der Waals surface area contributed by atoms with E-state index in [1.807, 2.05) is 12.1 Å². The first kappa shape index (κ1) is 12.2. The van der Waals surface area contributed by atoms with Crippen LogP contribution in [0.2, 0.25) is 0 Å². The van der Waals surface area contributed by atoms with E-state index in [0.717, 1.165) is 0 Å². The van der Waals surface area contributed by atoms with E-state index < -0.39 is 8.07 Å². The highest BCUT2D eigenvalue weighted by atomic mass is 35.5. The molecule has 0 nitrogen and oxygen atoms in total. The van der Waals surface area contributed by atoms with Crippen molar-refractivity contribution in [3.8, 4) is 0 Å². The zero-order valence-corrected chi connectivity index (χ0v) is 11.4. The second kappa shape index (κ2) is 5.35. The summed E-state index contributed by atoms with van der Waals surface area (Å²) in [7, 11) is -1.97. The Balaban J connectivity index is 2.58. The Labute approximate surface area is 109 Å². The first-order valence-corrected chi connectivity index (χ1v) is 8.46. The van der Waals surface area contributed by atoms with Crippen molar-refractivity contribution in [3.63, 3.8) is 0 Å². The van der Waals surface area contributed by atoms with Gasteiger partial charge in [0.2, 0.25) is 0 Å². The van der Waals surface area contributed by atoms with Gasteiger partial charge in [-0.3, -0.25) is 0 Å². The lowest BCUT2D eigenvalue weighted by atomic mass is 10.4.